The zero-order chi connectivity index (χ0) is 15.5. The summed E-state index contributed by atoms with van der Waals surface area (Å²) < 4.78 is 19.9. The van der Waals surface area contributed by atoms with Gasteiger partial charge in [-0.2, -0.15) is 0 Å². The topological polar surface area (TPSA) is 51.2 Å². The molecule has 113 valence electrons. The Morgan fingerprint density at radius 2 is 2.32 bits per heavy atom. The Morgan fingerprint density at radius 3 is 2.95 bits per heavy atom. The van der Waals surface area contributed by atoms with Gasteiger partial charge in [0.1, 0.15) is 17.7 Å². The fraction of sp³-hybridized carbons (Fsp3) is 0.294. The second-order valence-electron chi connectivity index (χ2n) is 5.33. The lowest BCUT2D eigenvalue weighted by molar-refractivity contribution is -0.123. The zero-order valence-corrected chi connectivity index (χ0v) is 12.2. The van der Waals surface area contributed by atoms with Gasteiger partial charge in [-0.05, 0) is 31.5 Å². The maximum Gasteiger partial charge on any atom is 0.220 e. The molecule has 5 heteroatoms. The van der Waals surface area contributed by atoms with Gasteiger partial charge in [0.05, 0.1) is 6.54 Å². The maximum absolute atomic E-state index is 14.2. The summed E-state index contributed by atoms with van der Waals surface area (Å²) in [6.07, 6.45) is 2.57. The number of benzene rings is 1. The molecule has 0 spiro atoms. The van der Waals surface area contributed by atoms with Crippen molar-refractivity contribution in [3.63, 3.8) is 0 Å². The van der Waals surface area contributed by atoms with Gasteiger partial charge >= 0.3 is 0 Å². The number of amides is 1. The number of aryl methyl sites for hydroxylation is 1. The first-order chi connectivity index (χ1) is 10.6. The number of rotatable bonds is 3. The van der Waals surface area contributed by atoms with Gasteiger partial charge < -0.3 is 10.1 Å². The lowest BCUT2D eigenvalue weighted by Gasteiger charge is -2.23. The second kappa shape index (κ2) is 6.13. The monoisotopic (exact) mass is 299 g/mol. The first kappa shape index (κ1) is 14.5. The third kappa shape index (κ3) is 3.24. The molecule has 0 aliphatic carbocycles. The van der Waals surface area contributed by atoms with E-state index in [1.807, 2.05) is 19.1 Å². The van der Waals surface area contributed by atoms with E-state index in [2.05, 4.69) is 16.4 Å². The summed E-state index contributed by atoms with van der Waals surface area (Å²) >= 11 is 0. The number of nitrogens with zero attached hydrogens (tertiary/aromatic N) is 1. The third-order valence-electron chi connectivity index (χ3n) is 3.59. The van der Waals surface area contributed by atoms with Crippen LogP contribution in [0.2, 0.25) is 0 Å². The Hall–Kier alpha value is -2.43. The van der Waals surface area contributed by atoms with Crippen molar-refractivity contribution >= 4 is 5.91 Å². The van der Waals surface area contributed by atoms with Crippen molar-refractivity contribution in [3.8, 4) is 16.9 Å². The Labute approximate surface area is 128 Å². The minimum atomic E-state index is -0.400. The fourth-order valence-electron chi connectivity index (χ4n) is 2.36. The van der Waals surface area contributed by atoms with E-state index >= 15 is 0 Å². The minimum Gasteiger partial charge on any atom is -0.488 e. The van der Waals surface area contributed by atoms with Crippen molar-refractivity contribution in [1.29, 1.82) is 0 Å². The molecule has 1 amide bonds. The van der Waals surface area contributed by atoms with E-state index in [-0.39, 0.29) is 12.0 Å². The van der Waals surface area contributed by atoms with Crippen LogP contribution < -0.4 is 10.1 Å². The van der Waals surface area contributed by atoms with E-state index in [9.17, 15) is 9.18 Å². The molecule has 1 atom stereocenters. The van der Waals surface area contributed by atoms with E-state index in [0.717, 1.165) is 5.69 Å². The number of pyridine rings is 1. The molecule has 1 aliphatic heterocycles. The number of hydrogen-bond donors (Lipinski definition) is 1. The number of aromatic nitrogens is 1. The van der Waals surface area contributed by atoms with Gasteiger partial charge in [-0.1, -0.05) is 6.07 Å². The van der Waals surface area contributed by atoms with E-state index in [1.54, 1.807) is 12.3 Å². The highest BCUT2D eigenvalue weighted by Gasteiger charge is 2.19. The van der Waals surface area contributed by atoms with Crippen LogP contribution in [0.3, 0.4) is 0 Å². The zero-order valence-electron chi connectivity index (χ0n) is 12.2. The second-order valence-corrected chi connectivity index (χ2v) is 5.33. The van der Waals surface area contributed by atoms with Gasteiger partial charge in [-0.25, -0.2) is 4.39 Å². The van der Waals surface area contributed by atoms with Gasteiger partial charge in [0.2, 0.25) is 5.91 Å². The lowest BCUT2D eigenvalue weighted by atomic mass is 10.1. The number of carbonyl (C=O) groups is 1. The Bertz CT molecular complexity index is 676. The van der Waals surface area contributed by atoms with Crippen LogP contribution in [-0.2, 0) is 4.79 Å². The standard InChI is InChI=1S/C17H16FN2O2/c1-11-2-3-12(9-19-11)15-6-4-13(8-16(15)18)22-14-5-7-17(21)20-10-14/h2-4,8-9,14H,5,7,10H2,1H3,(H,20,21). The predicted octanol–water partition coefficient (Wildman–Crippen LogP) is 2.65. The van der Waals surface area contributed by atoms with Crippen molar-refractivity contribution in [2.45, 2.75) is 25.9 Å². The van der Waals surface area contributed by atoms with E-state index < -0.39 is 5.82 Å². The number of nitrogens with one attached hydrogen (secondary N) is 1. The van der Waals surface area contributed by atoms with Crippen LogP contribution in [0.1, 0.15) is 18.5 Å². The summed E-state index contributed by atoms with van der Waals surface area (Å²) in [4.78, 5) is 15.3. The first-order valence-electron chi connectivity index (χ1n) is 7.19. The van der Waals surface area contributed by atoms with Crippen LogP contribution in [0.4, 0.5) is 4.39 Å². The van der Waals surface area contributed by atoms with Crippen molar-refractivity contribution in [1.82, 2.24) is 10.3 Å². The normalized spacial score (nSPS) is 17.9. The van der Waals surface area contributed by atoms with Crippen LogP contribution in [0.15, 0.2) is 30.5 Å². The van der Waals surface area contributed by atoms with Gasteiger partial charge in [-0.15, -0.1) is 0 Å². The SMILES string of the molecule is Cc1ccc(-c2[c]cc(OC3CCC(=O)NC3)cc2F)cn1. The molecule has 1 unspecified atom stereocenters. The van der Waals surface area contributed by atoms with E-state index in [1.165, 1.54) is 6.07 Å². The summed E-state index contributed by atoms with van der Waals surface area (Å²) in [7, 11) is 0. The Morgan fingerprint density at radius 1 is 1.45 bits per heavy atom. The summed E-state index contributed by atoms with van der Waals surface area (Å²) in [5, 5.41) is 2.73. The average Bonchev–Trinajstić information content (AvgIpc) is 2.51. The van der Waals surface area contributed by atoms with Crippen molar-refractivity contribution in [3.05, 3.63) is 48.0 Å². The van der Waals surface area contributed by atoms with Crippen LogP contribution in [0.5, 0.6) is 5.75 Å². The smallest absolute Gasteiger partial charge is 0.220 e. The van der Waals surface area contributed by atoms with Crippen molar-refractivity contribution < 1.29 is 13.9 Å². The highest BCUT2D eigenvalue weighted by molar-refractivity contribution is 5.76. The van der Waals surface area contributed by atoms with E-state index in [4.69, 9.17) is 4.74 Å². The third-order valence-corrected chi connectivity index (χ3v) is 3.59. The van der Waals surface area contributed by atoms with E-state index in [0.29, 0.717) is 36.3 Å². The maximum atomic E-state index is 14.2. The van der Waals surface area contributed by atoms with Crippen molar-refractivity contribution in [2.75, 3.05) is 6.54 Å². The molecule has 1 fully saturated rings. The van der Waals surface area contributed by atoms with Crippen LogP contribution >= 0.6 is 0 Å². The molecular formula is C17H16FN2O2. The first-order valence-corrected chi connectivity index (χ1v) is 7.19. The molecule has 22 heavy (non-hydrogen) atoms. The van der Waals surface area contributed by atoms with Gasteiger partial charge in [0, 0.05) is 35.5 Å². The molecule has 1 aromatic carbocycles. The quantitative estimate of drug-likeness (QED) is 0.948. The Kier molecular flexibility index (Phi) is 4.04. The average molecular weight is 299 g/mol. The molecule has 3 rings (SSSR count). The van der Waals surface area contributed by atoms with Gasteiger partial charge in [0.25, 0.3) is 0 Å². The number of hydrogen-bond acceptors (Lipinski definition) is 3. The molecule has 2 aromatic rings. The molecule has 1 radical (unpaired) electrons. The Balaban J connectivity index is 1.74. The number of piperidine rings is 1. The predicted molar refractivity (Wildman–Crippen MR) is 79.9 cm³/mol. The molecule has 1 aromatic heterocycles. The summed E-state index contributed by atoms with van der Waals surface area (Å²) in [6, 6.07) is 9.53. The van der Waals surface area contributed by atoms with Gasteiger partial charge in [0.15, 0.2) is 0 Å². The van der Waals surface area contributed by atoms with Crippen LogP contribution in [0, 0.1) is 18.8 Å². The summed E-state index contributed by atoms with van der Waals surface area (Å²) in [5.74, 6) is 0.0466. The molecular weight excluding hydrogens is 283 g/mol. The van der Waals surface area contributed by atoms with Gasteiger partial charge in [-0.3, -0.25) is 9.78 Å². The molecule has 1 saturated heterocycles. The highest BCUT2D eigenvalue weighted by Crippen LogP contribution is 2.26. The summed E-state index contributed by atoms with van der Waals surface area (Å²) in [5.41, 5.74) is 1.93. The number of ether oxygens (including phenoxy) is 1. The molecule has 4 nitrogen and oxygen atoms in total. The lowest BCUT2D eigenvalue weighted by Crippen LogP contribution is -2.40. The molecule has 0 bridgehead atoms. The molecule has 2 heterocycles. The number of halogens is 1. The van der Waals surface area contributed by atoms with Crippen LogP contribution in [0.25, 0.3) is 11.1 Å². The van der Waals surface area contributed by atoms with Crippen molar-refractivity contribution in [2.24, 2.45) is 0 Å². The highest BCUT2D eigenvalue weighted by atomic mass is 19.1. The molecule has 1 aliphatic rings. The minimum absolute atomic E-state index is 0.0276. The summed E-state index contributed by atoms with van der Waals surface area (Å²) in [6.45, 7) is 2.33. The molecule has 0 saturated carbocycles. The molecule has 1 N–H and O–H groups in total. The fourth-order valence-corrected chi connectivity index (χ4v) is 2.36. The largest absolute Gasteiger partial charge is 0.488 e. The van der Waals surface area contributed by atoms with Crippen LogP contribution in [-0.4, -0.2) is 23.5 Å². The number of carbonyl (C=O) groups excluding carboxylic acids is 1.